The molecular formula is C43H21N7. The van der Waals surface area contributed by atoms with Crippen molar-refractivity contribution in [2.75, 3.05) is 0 Å². The van der Waals surface area contributed by atoms with Crippen molar-refractivity contribution in [1.82, 2.24) is 15.0 Å². The van der Waals surface area contributed by atoms with Gasteiger partial charge in [-0.1, -0.05) is 72.8 Å². The van der Waals surface area contributed by atoms with Crippen LogP contribution in [0.3, 0.4) is 0 Å². The highest BCUT2D eigenvalue weighted by atomic mass is 14.8. The molecule has 0 fully saturated rings. The van der Waals surface area contributed by atoms with Crippen LogP contribution in [0.4, 0.5) is 0 Å². The Kier molecular flexibility index (Phi) is 7.21. The van der Waals surface area contributed by atoms with Gasteiger partial charge in [0.1, 0.15) is 0 Å². The Morgan fingerprint density at radius 3 is 1.50 bits per heavy atom. The van der Waals surface area contributed by atoms with E-state index in [0.717, 1.165) is 49.6 Å². The summed E-state index contributed by atoms with van der Waals surface area (Å²) in [5, 5.41) is 41.3. The lowest BCUT2D eigenvalue weighted by Gasteiger charge is -2.18. The van der Waals surface area contributed by atoms with Gasteiger partial charge in [0, 0.05) is 32.8 Å². The fraction of sp³-hybridized carbons (Fsp3) is 0. The van der Waals surface area contributed by atoms with E-state index >= 15 is 0 Å². The largest absolute Gasteiger partial charge is 0.247 e. The Labute approximate surface area is 286 Å². The van der Waals surface area contributed by atoms with Gasteiger partial charge in [0.05, 0.1) is 80.2 Å². The number of hydrogen-bond acceptors (Lipinski definition) is 7. The van der Waals surface area contributed by atoms with Crippen molar-refractivity contribution >= 4 is 32.7 Å². The molecule has 0 spiro atoms. The molecule has 50 heavy (non-hydrogen) atoms. The van der Waals surface area contributed by atoms with Gasteiger partial charge in [-0.3, -0.25) is 0 Å². The number of fused-ring (bicyclic) bond motifs is 5. The van der Waals surface area contributed by atoms with Crippen LogP contribution in [0.5, 0.6) is 0 Å². The molecule has 7 nitrogen and oxygen atoms in total. The van der Waals surface area contributed by atoms with E-state index in [2.05, 4.69) is 24.3 Å². The highest BCUT2D eigenvalue weighted by molar-refractivity contribution is 6.25. The van der Waals surface area contributed by atoms with E-state index in [0.29, 0.717) is 50.2 Å². The first-order valence-electron chi connectivity index (χ1n) is 15.7. The summed E-state index contributed by atoms with van der Waals surface area (Å²) in [6.45, 7) is 0. The van der Waals surface area contributed by atoms with Crippen LogP contribution in [0.15, 0.2) is 127 Å². The number of pyridine rings is 1. The number of nitriles is 4. The molecule has 2 aromatic heterocycles. The molecule has 0 radical (unpaired) electrons. The molecule has 0 N–H and O–H groups in total. The van der Waals surface area contributed by atoms with Crippen LogP contribution in [-0.4, -0.2) is 15.0 Å². The van der Waals surface area contributed by atoms with Gasteiger partial charge in [0.2, 0.25) is 0 Å². The molecule has 228 valence electrons. The first kappa shape index (κ1) is 29.7. The summed E-state index contributed by atoms with van der Waals surface area (Å²) in [5.41, 5.74) is 9.61. The second-order valence-corrected chi connectivity index (χ2v) is 11.7. The Hall–Kier alpha value is -7.71. The summed E-state index contributed by atoms with van der Waals surface area (Å²) in [6, 6.07) is 48.2. The van der Waals surface area contributed by atoms with Gasteiger partial charge in [0.15, 0.2) is 0 Å². The smallest absolute Gasteiger partial charge is 0.0992 e. The van der Waals surface area contributed by atoms with Gasteiger partial charge < -0.3 is 0 Å². The average molecular weight is 636 g/mol. The lowest BCUT2D eigenvalue weighted by Crippen LogP contribution is -2.00. The molecule has 0 atom stereocenters. The third-order valence-electron chi connectivity index (χ3n) is 8.73. The molecule has 0 amide bonds. The third kappa shape index (κ3) is 5.02. The molecule has 8 aromatic rings. The van der Waals surface area contributed by atoms with E-state index in [1.54, 1.807) is 42.5 Å². The summed E-state index contributed by atoms with van der Waals surface area (Å²) in [4.78, 5) is 15.9. The minimum Gasteiger partial charge on any atom is -0.247 e. The quantitative estimate of drug-likeness (QED) is 0.176. The van der Waals surface area contributed by atoms with Crippen LogP contribution >= 0.6 is 0 Å². The molecule has 8 rings (SSSR count). The predicted molar refractivity (Wildman–Crippen MR) is 193 cm³/mol. The number of aromatic nitrogens is 3. The summed E-state index contributed by atoms with van der Waals surface area (Å²) < 4.78 is 0. The van der Waals surface area contributed by atoms with Crippen molar-refractivity contribution in [2.24, 2.45) is 0 Å². The molecule has 0 saturated heterocycles. The maximum absolute atomic E-state index is 9.93. The number of benzene rings is 6. The van der Waals surface area contributed by atoms with Gasteiger partial charge in [0.25, 0.3) is 0 Å². The van der Waals surface area contributed by atoms with Crippen molar-refractivity contribution in [3.05, 3.63) is 150 Å². The molecule has 7 heteroatoms. The number of rotatable bonds is 4. The Morgan fingerprint density at radius 2 is 0.900 bits per heavy atom. The Morgan fingerprint density at radius 1 is 0.380 bits per heavy atom. The molecule has 2 heterocycles. The number of hydrogen-bond donors (Lipinski definition) is 0. The topological polar surface area (TPSA) is 134 Å². The summed E-state index contributed by atoms with van der Waals surface area (Å²) in [7, 11) is 0. The second kappa shape index (κ2) is 12.1. The maximum Gasteiger partial charge on any atom is 0.0992 e. The molecule has 6 aromatic carbocycles. The van der Waals surface area contributed by atoms with Crippen LogP contribution < -0.4 is 0 Å². The molecule has 0 unspecified atom stereocenters. The zero-order chi connectivity index (χ0) is 34.2. The monoisotopic (exact) mass is 635 g/mol. The van der Waals surface area contributed by atoms with Crippen molar-refractivity contribution in [1.29, 1.82) is 21.0 Å². The summed E-state index contributed by atoms with van der Waals surface area (Å²) in [6.07, 6.45) is 0. The zero-order valence-corrected chi connectivity index (χ0v) is 26.3. The van der Waals surface area contributed by atoms with Crippen LogP contribution in [0.1, 0.15) is 22.3 Å². The van der Waals surface area contributed by atoms with Crippen LogP contribution in [0, 0.1) is 45.3 Å². The minimum absolute atomic E-state index is 0.364. The first-order valence-corrected chi connectivity index (χ1v) is 15.7. The Bertz CT molecular complexity index is 2800. The summed E-state index contributed by atoms with van der Waals surface area (Å²) >= 11 is 0. The first-order chi connectivity index (χ1) is 24.6. The highest BCUT2D eigenvalue weighted by Crippen LogP contribution is 2.44. The van der Waals surface area contributed by atoms with Crippen molar-refractivity contribution in [2.45, 2.75) is 0 Å². The van der Waals surface area contributed by atoms with Crippen molar-refractivity contribution in [3.8, 4) is 69.2 Å². The third-order valence-corrected chi connectivity index (χ3v) is 8.73. The van der Waals surface area contributed by atoms with E-state index in [4.69, 9.17) is 15.0 Å². The van der Waals surface area contributed by atoms with E-state index < -0.39 is 0 Å². The zero-order valence-electron chi connectivity index (χ0n) is 26.3. The molecule has 0 aliphatic carbocycles. The van der Waals surface area contributed by atoms with Gasteiger partial charge in [-0.2, -0.15) is 21.0 Å². The van der Waals surface area contributed by atoms with Crippen LogP contribution in [0.2, 0.25) is 0 Å². The van der Waals surface area contributed by atoms with E-state index in [-0.39, 0.29) is 0 Å². The molecule has 0 saturated carbocycles. The molecule has 0 aliphatic heterocycles. The van der Waals surface area contributed by atoms with Gasteiger partial charge >= 0.3 is 0 Å². The van der Waals surface area contributed by atoms with E-state index in [1.165, 1.54) is 0 Å². The van der Waals surface area contributed by atoms with Gasteiger partial charge in [-0.15, -0.1) is 0 Å². The standard InChI is InChI=1S/C43H21N7/c44-22-26-10-14-31(15-11-26)41-42(32-16-12-27(23-45)13-17-32)50-43-37(49-41)21-35(33-19-28(24-46)18-29(20-33)25-47)39-38(43)34-8-4-5-9-36(34)48-40(39)30-6-2-1-3-7-30/h1-21H. The SMILES string of the molecule is N#Cc1ccc(-c2nc3cc(-c4cc(C#N)cc(C#N)c4)c4c(-c5ccccc5)nc5ccccc5c4c3nc2-c2ccc(C#N)cc2)cc1. The maximum atomic E-state index is 9.93. The number of nitrogens with zero attached hydrogens (tertiary/aromatic N) is 7. The molecule has 0 bridgehead atoms. The van der Waals surface area contributed by atoms with E-state index in [1.807, 2.05) is 84.9 Å². The fourth-order valence-electron chi connectivity index (χ4n) is 6.41. The lowest BCUT2D eigenvalue weighted by atomic mass is 9.90. The minimum atomic E-state index is 0.364. The number of para-hydroxylation sites is 1. The van der Waals surface area contributed by atoms with Crippen molar-refractivity contribution in [3.63, 3.8) is 0 Å². The fourth-order valence-corrected chi connectivity index (χ4v) is 6.41. The lowest BCUT2D eigenvalue weighted by molar-refractivity contribution is 1.30. The van der Waals surface area contributed by atoms with E-state index in [9.17, 15) is 21.0 Å². The van der Waals surface area contributed by atoms with Gasteiger partial charge in [-0.05, 0) is 65.7 Å². The Balaban J connectivity index is 1.59. The average Bonchev–Trinajstić information content (AvgIpc) is 3.19. The summed E-state index contributed by atoms with van der Waals surface area (Å²) in [5.74, 6) is 0. The molecular weight excluding hydrogens is 615 g/mol. The van der Waals surface area contributed by atoms with Crippen molar-refractivity contribution < 1.29 is 0 Å². The predicted octanol–water partition coefficient (Wildman–Crippen LogP) is 9.49. The van der Waals surface area contributed by atoms with Gasteiger partial charge in [-0.25, -0.2) is 15.0 Å². The van der Waals surface area contributed by atoms with Crippen LogP contribution in [-0.2, 0) is 0 Å². The van der Waals surface area contributed by atoms with Crippen LogP contribution in [0.25, 0.3) is 77.6 Å². The second-order valence-electron chi connectivity index (χ2n) is 11.7. The highest BCUT2D eigenvalue weighted by Gasteiger charge is 2.22. The molecule has 0 aliphatic rings. The normalized spacial score (nSPS) is 10.7.